The number of para-hydroxylation sites is 1. The Morgan fingerprint density at radius 1 is 1.29 bits per heavy atom. The molecule has 0 saturated heterocycles. The summed E-state index contributed by atoms with van der Waals surface area (Å²) >= 11 is 0. The van der Waals surface area contributed by atoms with Crippen LogP contribution in [0.25, 0.3) is 0 Å². The van der Waals surface area contributed by atoms with E-state index in [9.17, 15) is 4.79 Å². The van der Waals surface area contributed by atoms with Gasteiger partial charge in [0.05, 0.1) is 0 Å². The molecule has 0 fully saturated rings. The topological polar surface area (TPSA) is 58.1 Å². The quantitative estimate of drug-likeness (QED) is 0.917. The lowest BCUT2D eigenvalue weighted by Gasteiger charge is -2.18. The highest BCUT2D eigenvalue weighted by Gasteiger charge is 2.23. The fraction of sp³-hybridized carbons (Fsp3) is 0.421. The van der Waals surface area contributed by atoms with Gasteiger partial charge in [0.25, 0.3) is 5.91 Å². The lowest BCUT2D eigenvalue weighted by Crippen LogP contribution is -2.27. The predicted octanol–water partition coefficient (Wildman–Crippen LogP) is 3.26. The molecule has 5 nitrogen and oxygen atoms in total. The van der Waals surface area contributed by atoms with Gasteiger partial charge in [-0.3, -0.25) is 4.79 Å². The van der Waals surface area contributed by atoms with Crippen LogP contribution in [0.15, 0.2) is 30.3 Å². The van der Waals surface area contributed by atoms with Crippen LogP contribution in [-0.4, -0.2) is 29.0 Å². The van der Waals surface area contributed by atoms with Gasteiger partial charge in [0.1, 0.15) is 5.69 Å². The van der Waals surface area contributed by atoms with Gasteiger partial charge in [-0.1, -0.05) is 32.0 Å². The maximum atomic E-state index is 12.4. The maximum Gasteiger partial charge on any atom is 0.270 e. The Bertz CT molecular complexity index is 742. The van der Waals surface area contributed by atoms with Gasteiger partial charge < -0.3 is 10.2 Å². The standard InChI is InChI=1S/C19H24N4O/c1-13(2)8-10-20-18(24)16-12-14(3)21-19(22-16)23-11-9-15-6-4-5-7-17(15)23/h4-7,12-13H,8-11H2,1-3H3,(H,20,24). The number of fused-ring (bicyclic) bond motifs is 1. The summed E-state index contributed by atoms with van der Waals surface area (Å²) in [4.78, 5) is 23.5. The molecular weight excluding hydrogens is 300 g/mol. The van der Waals surface area contributed by atoms with Crippen molar-refractivity contribution < 1.29 is 4.79 Å². The number of amides is 1. The number of benzene rings is 1. The van der Waals surface area contributed by atoms with E-state index in [1.807, 2.05) is 19.1 Å². The molecule has 1 amide bonds. The van der Waals surface area contributed by atoms with Crippen LogP contribution < -0.4 is 10.2 Å². The van der Waals surface area contributed by atoms with Gasteiger partial charge in [-0.25, -0.2) is 9.97 Å². The Labute approximate surface area is 143 Å². The molecule has 2 heterocycles. The normalized spacial score (nSPS) is 13.2. The number of hydrogen-bond acceptors (Lipinski definition) is 4. The summed E-state index contributed by atoms with van der Waals surface area (Å²) in [6.45, 7) is 7.70. The highest BCUT2D eigenvalue weighted by Crippen LogP contribution is 2.32. The first-order valence-corrected chi connectivity index (χ1v) is 8.54. The van der Waals surface area contributed by atoms with Crippen molar-refractivity contribution in [1.82, 2.24) is 15.3 Å². The minimum Gasteiger partial charge on any atom is -0.351 e. The van der Waals surface area contributed by atoms with E-state index in [0.717, 1.165) is 30.8 Å². The van der Waals surface area contributed by atoms with E-state index in [1.54, 1.807) is 6.07 Å². The largest absolute Gasteiger partial charge is 0.351 e. The summed E-state index contributed by atoms with van der Waals surface area (Å²) in [6, 6.07) is 10.0. The van der Waals surface area contributed by atoms with Gasteiger partial charge >= 0.3 is 0 Å². The third kappa shape index (κ3) is 3.55. The molecule has 1 aromatic carbocycles. The summed E-state index contributed by atoms with van der Waals surface area (Å²) in [5.41, 5.74) is 3.67. The highest BCUT2D eigenvalue weighted by molar-refractivity contribution is 5.92. The monoisotopic (exact) mass is 324 g/mol. The van der Waals surface area contributed by atoms with E-state index in [2.05, 4.69) is 46.2 Å². The van der Waals surface area contributed by atoms with Crippen LogP contribution in [0.5, 0.6) is 0 Å². The molecule has 3 rings (SSSR count). The van der Waals surface area contributed by atoms with E-state index in [-0.39, 0.29) is 5.91 Å². The molecular formula is C19H24N4O. The summed E-state index contributed by atoms with van der Waals surface area (Å²) in [5, 5.41) is 2.95. The third-order valence-corrected chi connectivity index (χ3v) is 4.21. The second-order valence-electron chi connectivity index (χ2n) is 6.66. The summed E-state index contributed by atoms with van der Waals surface area (Å²) in [5.74, 6) is 1.04. The molecule has 1 N–H and O–H groups in total. The summed E-state index contributed by atoms with van der Waals surface area (Å²) in [7, 11) is 0. The molecule has 1 aliphatic heterocycles. The van der Waals surface area contributed by atoms with Crippen LogP contribution in [0, 0.1) is 12.8 Å². The minimum atomic E-state index is -0.130. The lowest BCUT2D eigenvalue weighted by atomic mass is 10.1. The number of carbonyl (C=O) groups excluding carboxylic acids is 1. The molecule has 0 saturated carbocycles. The Morgan fingerprint density at radius 3 is 2.88 bits per heavy atom. The first kappa shape index (κ1) is 16.4. The summed E-state index contributed by atoms with van der Waals surface area (Å²) < 4.78 is 0. The van der Waals surface area contributed by atoms with Crippen molar-refractivity contribution in [2.45, 2.75) is 33.6 Å². The zero-order valence-electron chi connectivity index (χ0n) is 14.5. The number of carbonyl (C=O) groups is 1. The van der Waals surface area contributed by atoms with Gasteiger partial charge in [-0.2, -0.15) is 0 Å². The van der Waals surface area contributed by atoms with Gasteiger partial charge in [0, 0.05) is 24.5 Å². The third-order valence-electron chi connectivity index (χ3n) is 4.21. The Hall–Kier alpha value is -2.43. The van der Waals surface area contributed by atoms with Gasteiger partial charge in [0.2, 0.25) is 5.95 Å². The van der Waals surface area contributed by atoms with Crippen LogP contribution in [0.3, 0.4) is 0 Å². The predicted molar refractivity (Wildman–Crippen MR) is 95.7 cm³/mol. The molecule has 24 heavy (non-hydrogen) atoms. The maximum absolute atomic E-state index is 12.4. The number of aromatic nitrogens is 2. The van der Waals surface area contributed by atoms with Crippen LogP contribution >= 0.6 is 0 Å². The molecule has 1 aromatic heterocycles. The molecule has 0 aliphatic carbocycles. The van der Waals surface area contributed by atoms with Crippen LogP contribution in [-0.2, 0) is 6.42 Å². The summed E-state index contributed by atoms with van der Waals surface area (Å²) in [6.07, 6.45) is 1.94. The molecule has 0 spiro atoms. The Kier molecular flexibility index (Phi) is 4.79. The first-order chi connectivity index (χ1) is 11.5. The SMILES string of the molecule is Cc1cc(C(=O)NCCC(C)C)nc(N2CCc3ccccc32)n1. The fourth-order valence-corrected chi connectivity index (χ4v) is 2.90. The van der Waals surface area contributed by atoms with Crippen molar-refractivity contribution in [3.63, 3.8) is 0 Å². The molecule has 2 aromatic rings. The first-order valence-electron chi connectivity index (χ1n) is 8.54. The number of aryl methyl sites for hydroxylation is 1. The number of anilines is 2. The number of nitrogens with zero attached hydrogens (tertiary/aromatic N) is 3. The molecule has 126 valence electrons. The van der Waals surface area contributed by atoms with Crippen LogP contribution in [0.2, 0.25) is 0 Å². The van der Waals surface area contributed by atoms with E-state index < -0.39 is 0 Å². The zero-order valence-corrected chi connectivity index (χ0v) is 14.5. The van der Waals surface area contributed by atoms with E-state index in [1.165, 1.54) is 5.56 Å². The van der Waals surface area contributed by atoms with Crippen molar-refractivity contribution >= 4 is 17.5 Å². The molecule has 0 unspecified atom stereocenters. The van der Waals surface area contributed by atoms with Gasteiger partial charge in [-0.15, -0.1) is 0 Å². The number of nitrogens with one attached hydrogen (secondary N) is 1. The zero-order chi connectivity index (χ0) is 17.1. The second kappa shape index (κ2) is 6.99. The van der Waals surface area contributed by atoms with Crippen molar-refractivity contribution in [2.24, 2.45) is 5.92 Å². The Balaban J connectivity index is 1.81. The molecule has 0 atom stereocenters. The average Bonchev–Trinajstić information content (AvgIpc) is 2.98. The highest BCUT2D eigenvalue weighted by atomic mass is 16.1. The lowest BCUT2D eigenvalue weighted by molar-refractivity contribution is 0.0947. The molecule has 5 heteroatoms. The number of hydrogen-bond donors (Lipinski definition) is 1. The molecule has 0 bridgehead atoms. The van der Waals surface area contributed by atoms with Gasteiger partial charge in [-0.05, 0) is 43.4 Å². The van der Waals surface area contributed by atoms with Crippen LogP contribution in [0.1, 0.15) is 42.0 Å². The van der Waals surface area contributed by atoms with E-state index in [4.69, 9.17) is 0 Å². The second-order valence-corrected chi connectivity index (χ2v) is 6.66. The van der Waals surface area contributed by atoms with Crippen molar-refractivity contribution in [3.8, 4) is 0 Å². The van der Waals surface area contributed by atoms with Gasteiger partial charge in [0.15, 0.2) is 0 Å². The number of rotatable bonds is 5. The minimum absolute atomic E-state index is 0.130. The van der Waals surface area contributed by atoms with E-state index >= 15 is 0 Å². The van der Waals surface area contributed by atoms with Crippen molar-refractivity contribution in [3.05, 3.63) is 47.3 Å². The van der Waals surface area contributed by atoms with Crippen LogP contribution in [0.4, 0.5) is 11.6 Å². The Morgan fingerprint density at radius 2 is 2.08 bits per heavy atom. The molecule has 1 aliphatic rings. The smallest absolute Gasteiger partial charge is 0.270 e. The van der Waals surface area contributed by atoms with Crippen molar-refractivity contribution in [2.75, 3.05) is 18.0 Å². The van der Waals surface area contributed by atoms with Crippen molar-refractivity contribution in [1.29, 1.82) is 0 Å². The average molecular weight is 324 g/mol. The van der Waals surface area contributed by atoms with E-state index in [0.29, 0.717) is 24.1 Å². The fourth-order valence-electron chi connectivity index (χ4n) is 2.90. The molecule has 0 radical (unpaired) electrons.